The van der Waals surface area contributed by atoms with Crippen LogP contribution in [0.15, 0.2) is 0 Å². The van der Waals surface area contributed by atoms with Gasteiger partial charge in [0.05, 0.1) is 12.8 Å². The molecular formula is C22H40CuO4+2. The smallest absolute Gasteiger partial charge is 0.299 e. The largest absolute Gasteiger partial charge is 2.00 e. The van der Waals surface area contributed by atoms with Crippen LogP contribution in [0.4, 0.5) is 0 Å². The number of carbonyl (C=O) groups is 4. The van der Waals surface area contributed by atoms with Crippen LogP contribution < -0.4 is 0 Å². The first-order valence-corrected chi connectivity index (χ1v) is 9.23. The van der Waals surface area contributed by atoms with Crippen molar-refractivity contribution in [2.45, 2.75) is 95.9 Å². The van der Waals surface area contributed by atoms with Gasteiger partial charge in [-0.15, -0.1) is 0 Å². The Morgan fingerprint density at radius 2 is 0.519 bits per heavy atom. The molecule has 0 fully saturated rings. The van der Waals surface area contributed by atoms with Gasteiger partial charge in [-0.05, 0) is 0 Å². The molecule has 0 aliphatic heterocycles. The van der Waals surface area contributed by atoms with E-state index in [-0.39, 0.29) is 53.0 Å². The van der Waals surface area contributed by atoms with E-state index in [9.17, 15) is 19.2 Å². The maximum atomic E-state index is 11.5. The predicted octanol–water partition coefficient (Wildman–Crippen LogP) is 5.21. The van der Waals surface area contributed by atoms with Crippen LogP contribution in [0, 0.1) is 21.7 Å². The second kappa shape index (κ2) is 10.7. The predicted molar refractivity (Wildman–Crippen MR) is 107 cm³/mol. The molecular weight excluding hydrogens is 392 g/mol. The number of rotatable bonds is 4. The van der Waals surface area contributed by atoms with E-state index in [4.69, 9.17) is 0 Å². The van der Waals surface area contributed by atoms with Crippen LogP contribution >= 0.6 is 0 Å². The molecule has 5 heteroatoms. The second-order valence-corrected chi connectivity index (χ2v) is 11.0. The van der Waals surface area contributed by atoms with E-state index in [1.54, 1.807) is 0 Å². The summed E-state index contributed by atoms with van der Waals surface area (Å²) in [5, 5.41) is 0. The summed E-state index contributed by atoms with van der Waals surface area (Å²) in [6.45, 7) is 22.1. The zero-order valence-corrected chi connectivity index (χ0v) is 20.3. The van der Waals surface area contributed by atoms with Crippen molar-refractivity contribution in [3.05, 3.63) is 0 Å². The average molecular weight is 432 g/mol. The standard InChI is InChI=1S/2C11H20O2.Cu/c2*1-10(2,3)8(12)7-9(13)11(4,5)6;/h2*7H2,1-6H3;/q;;+2. The van der Waals surface area contributed by atoms with Crippen LogP contribution in [-0.2, 0) is 36.2 Å². The van der Waals surface area contributed by atoms with E-state index < -0.39 is 21.7 Å². The minimum absolute atomic E-state index is 0. The molecule has 0 aromatic carbocycles. The summed E-state index contributed by atoms with van der Waals surface area (Å²) in [6, 6.07) is 0. The molecule has 0 spiro atoms. The fourth-order valence-corrected chi connectivity index (χ4v) is 1.35. The Kier molecular flexibility index (Phi) is 12.2. The average Bonchev–Trinajstić information content (AvgIpc) is 2.34. The zero-order chi connectivity index (χ0) is 21.7. The summed E-state index contributed by atoms with van der Waals surface area (Å²) >= 11 is 0. The van der Waals surface area contributed by atoms with Gasteiger partial charge in [0.15, 0.2) is 0 Å². The number of ketones is 4. The van der Waals surface area contributed by atoms with E-state index in [1.165, 1.54) is 0 Å². The Balaban J connectivity index is -0.000000411. The van der Waals surface area contributed by atoms with E-state index in [0.29, 0.717) is 0 Å². The minimum atomic E-state index is -0.402. The second-order valence-electron chi connectivity index (χ2n) is 11.0. The molecule has 0 saturated heterocycles. The fraction of sp³-hybridized carbons (Fsp3) is 0.818. The van der Waals surface area contributed by atoms with Crippen molar-refractivity contribution in [2.75, 3.05) is 0 Å². The molecule has 0 saturated carbocycles. The molecule has 0 N–H and O–H groups in total. The van der Waals surface area contributed by atoms with E-state index >= 15 is 0 Å². The fourth-order valence-electron chi connectivity index (χ4n) is 1.35. The third-order valence-electron chi connectivity index (χ3n) is 3.99. The number of Topliss-reactive ketones (excluding diaryl/α,β-unsaturated/α-hetero) is 4. The maximum Gasteiger partial charge on any atom is 2.00 e. The Morgan fingerprint density at radius 3 is 0.593 bits per heavy atom. The van der Waals surface area contributed by atoms with Crippen molar-refractivity contribution in [3.63, 3.8) is 0 Å². The van der Waals surface area contributed by atoms with Crippen molar-refractivity contribution < 1.29 is 36.2 Å². The minimum Gasteiger partial charge on any atom is -0.299 e. The summed E-state index contributed by atoms with van der Waals surface area (Å²) in [5.41, 5.74) is -1.61. The van der Waals surface area contributed by atoms with Gasteiger partial charge in [0.2, 0.25) is 0 Å². The van der Waals surface area contributed by atoms with Crippen LogP contribution in [0.3, 0.4) is 0 Å². The molecule has 0 rings (SSSR count). The Morgan fingerprint density at radius 1 is 0.407 bits per heavy atom. The van der Waals surface area contributed by atoms with Gasteiger partial charge in [-0.25, -0.2) is 0 Å². The normalized spacial score (nSPS) is 12.3. The SMILES string of the molecule is CC(C)(C)C(=O)CC(=O)C(C)(C)C.CC(C)(C)C(=O)CC(=O)C(C)(C)C.[Cu+2]. The molecule has 0 unspecified atom stereocenters. The molecule has 1 radical (unpaired) electrons. The van der Waals surface area contributed by atoms with Crippen molar-refractivity contribution in [2.24, 2.45) is 21.7 Å². The van der Waals surface area contributed by atoms with Crippen LogP contribution in [0.5, 0.6) is 0 Å². The maximum absolute atomic E-state index is 11.5. The van der Waals surface area contributed by atoms with Crippen LogP contribution in [0.25, 0.3) is 0 Å². The van der Waals surface area contributed by atoms with Gasteiger partial charge in [-0.1, -0.05) is 83.1 Å². The van der Waals surface area contributed by atoms with Gasteiger partial charge in [0.1, 0.15) is 23.1 Å². The molecule has 0 aromatic heterocycles. The number of hydrogen-bond acceptors (Lipinski definition) is 4. The topological polar surface area (TPSA) is 68.3 Å². The Labute approximate surface area is 177 Å². The van der Waals surface area contributed by atoms with Gasteiger partial charge in [0, 0.05) is 21.7 Å². The van der Waals surface area contributed by atoms with Gasteiger partial charge >= 0.3 is 17.1 Å². The quantitative estimate of drug-likeness (QED) is 0.452. The monoisotopic (exact) mass is 431 g/mol. The first-order chi connectivity index (χ1) is 11.1. The number of hydrogen-bond donors (Lipinski definition) is 0. The third-order valence-corrected chi connectivity index (χ3v) is 3.99. The molecule has 0 aliphatic carbocycles. The molecule has 4 nitrogen and oxygen atoms in total. The summed E-state index contributed by atoms with van der Waals surface area (Å²) in [7, 11) is 0. The van der Waals surface area contributed by atoms with Crippen molar-refractivity contribution in [3.8, 4) is 0 Å². The number of carbonyl (C=O) groups excluding carboxylic acids is 4. The molecule has 0 bridgehead atoms. The zero-order valence-electron chi connectivity index (χ0n) is 19.3. The van der Waals surface area contributed by atoms with E-state index in [1.807, 2.05) is 83.1 Å². The van der Waals surface area contributed by atoms with Crippen molar-refractivity contribution >= 4 is 23.1 Å². The van der Waals surface area contributed by atoms with Gasteiger partial charge in [-0.2, -0.15) is 0 Å². The molecule has 0 aliphatic rings. The first kappa shape index (κ1) is 30.9. The Hall–Kier alpha value is -0.801. The van der Waals surface area contributed by atoms with Crippen molar-refractivity contribution in [1.82, 2.24) is 0 Å². The Bertz CT molecular complexity index is 435. The molecule has 0 heterocycles. The van der Waals surface area contributed by atoms with E-state index in [0.717, 1.165) is 0 Å². The molecule has 27 heavy (non-hydrogen) atoms. The summed E-state index contributed by atoms with van der Waals surface area (Å²) < 4.78 is 0. The summed E-state index contributed by atoms with van der Waals surface area (Å²) in [4.78, 5) is 46.0. The van der Waals surface area contributed by atoms with E-state index in [2.05, 4.69) is 0 Å². The van der Waals surface area contributed by atoms with Crippen molar-refractivity contribution in [1.29, 1.82) is 0 Å². The summed E-state index contributed by atoms with van der Waals surface area (Å²) in [6.07, 6.45) is 0.125. The third kappa shape index (κ3) is 13.9. The first-order valence-electron chi connectivity index (χ1n) is 9.23. The van der Waals surface area contributed by atoms with Gasteiger partial charge in [-0.3, -0.25) is 19.2 Å². The molecule has 0 aromatic rings. The van der Waals surface area contributed by atoms with Crippen LogP contribution in [-0.4, -0.2) is 23.1 Å². The van der Waals surface area contributed by atoms with Gasteiger partial charge < -0.3 is 0 Å². The summed E-state index contributed by atoms with van der Waals surface area (Å²) in [5.74, 6) is 0.0831. The van der Waals surface area contributed by atoms with Gasteiger partial charge in [0.25, 0.3) is 0 Å². The molecule has 0 atom stereocenters. The van der Waals surface area contributed by atoms with Crippen LogP contribution in [0.1, 0.15) is 95.9 Å². The molecule has 0 amide bonds. The van der Waals surface area contributed by atoms with Crippen LogP contribution in [0.2, 0.25) is 0 Å². The molecule has 161 valence electrons.